The monoisotopic (exact) mass is 384 g/mol. The molecule has 0 radical (unpaired) electrons. The number of aromatic nitrogens is 4. The average Bonchev–Trinajstić information content (AvgIpc) is 3.04. The molecule has 0 saturated heterocycles. The van der Waals surface area contributed by atoms with Crippen molar-refractivity contribution in [3.8, 4) is 11.4 Å². The van der Waals surface area contributed by atoms with Gasteiger partial charge in [-0.25, -0.2) is 4.68 Å². The van der Waals surface area contributed by atoms with Gasteiger partial charge >= 0.3 is 0 Å². The Morgan fingerprint density at radius 3 is 2.74 bits per heavy atom. The Labute approximate surface area is 160 Å². The van der Waals surface area contributed by atoms with Gasteiger partial charge < -0.3 is 21.8 Å². The lowest BCUT2D eigenvalue weighted by molar-refractivity contribution is 0.0958. The molecule has 0 atom stereocenters. The number of carbonyl (C=O) groups is 1. The molecule has 0 fully saturated rings. The van der Waals surface area contributed by atoms with Crippen molar-refractivity contribution in [3.63, 3.8) is 0 Å². The van der Waals surface area contributed by atoms with Crippen molar-refractivity contribution in [1.29, 1.82) is 5.41 Å². The van der Waals surface area contributed by atoms with Crippen LogP contribution in [0.25, 0.3) is 11.4 Å². The van der Waals surface area contributed by atoms with Crippen LogP contribution in [-0.4, -0.2) is 38.9 Å². The summed E-state index contributed by atoms with van der Waals surface area (Å²) in [6.07, 6.45) is 2.64. The molecule has 0 aliphatic carbocycles. The first-order valence-electron chi connectivity index (χ1n) is 7.89. The Morgan fingerprint density at radius 2 is 2.11 bits per heavy atom. The van der Waals surface area contributed by atoms with Gasteiger partial charge in [0.15, 0.2) is 5.82 Å². The van der Waals surface area contributed by atoms with E-state index >= 15 is 0 Å². The van der Waals surface area contributed by atoms with Gasteiger partial charge in [0.2, 0.25) is 5.95 Å². The van der Waals surface area contributed by atoms with E-state index in [0.29, 0.717) is 45.0 Å². The van der Waals surface area contributed by atoms with E-state index in [2.05, 4.69) is 25.7 Å². The minimum Gasteiger partial charge on any atom is -0.398 e. The zero-order valence-corrected chi connectivity index (χ0v) is 15.4. The second-order valence-corrected chi connectivity index (χ2v) is 5.97. The Morgan fingerprint density at radius 1 is 1.33 bits per heavy atom. The third-order valence-corrected chi connectivity index (χ3v) is 4.26. The third kappa shape index (κ3) is 3.58. The maximum atomic E-state index is 11.6. The van der Waals surface area contributed by atoms with E-state index in [1.807, 2.05) is 0 Å². The number of nitrogen functional groups attached to an aromatic ring is 1. The highest BCUT2D eigenvalue weighted by Crippen LogP contribution is 2.31. The van der Waals surface area contributed by atoms with E-state index in [9.17, 15) is 4.79 Å². The molecule has 138 valence electrons. The predicted octanol–water partition coefficient (Wildman–Crippen LogP) is 2.21. The number of nitrogens with two attached hydrogens (primary N) is 1. The lowest BCUT2D eigenvalue weighted by Crippen LogP contribution is -2.18. The first-order chi connectivity index (χ1) is 12.9. The normalized spacial score (nSPS) is 10.5. The summed E-state index contributed by atoms with van der Waals surface area (Å²) in [5.41, 5.74) is 8.19. The molecule has 0 unspecified atom stereocenters. The summed E-state index contributed by atoms with van der Waals surface area (Å²) in [4.78, 5) is 20.1. The largest absolute Gasteiger partial charge is 0.398 e. The van der Waals surface area contributed by atoms with Crippen molar-refractivity contribution in [2.24, 2.45) is 7.05 Å². The quantitative estimate of drug-likeness (QED) is 0.393. The van der Waals surface area contributed by atoms with E-state index in [1.165, 1.54) is 6.20 Å². The highest BCUT2D eigenvalue weighted by atomic mass is 35.5. The molecule has 1 amide bonds. The molecule has 3 rings (SSSR count). The van der Waals surface area contributed by atoms with Gasteiger partial charge in [0.1, 0.15) is 5.69 Å². The molecule has 0 aliphatic heterocycles. The van der Waals surface area contributed by atoms with Gasteiger partial charge in [-0.3, -0.25) is 9.78 Å². The number of rotatable bonds is 5. The molecule has 0 bridgehead atoms. The minimum atomic E-state index is -0.266. The van der Waals surface area contributed by atoms with Crippen LogP contribution >= 0.6 is 11.6 Å². The number of aryl methyl sites for hydroxylation is 1. The van der Waals surface area contributed by atoms with E-state index in [0.717, 1.165) is 6.21 Å². The van der Waals surface area contributed by atoms with Crippen molar-refractivity contribution in [3.05, 3.63) is 46.7 Å². The molecule has 2 aromatic heterocycles. The lowest BCUT2D eigenvalue weighted by atomic mass is 10.1. The molecule has 9 nitrogen and oxygen atoms in total. The molecule has 0 aliphatic rings. The van der Waals surface area contributed by atoms with Crippen molar-refractivity contribution >= 4 is 41.0 Å². The maximum Gasteiger partial charge on any atom is 0.269 e. The number of amides is 1. The molecule has 27 heavy (non-hydrogen) atoms. The summed E-state index contributed by atoms with van der Waals surface area (Å²) in [6.45, 7) is 0. The van der Waals surface area contributed by atoms with Gasteiger partial charge in [0, 0.05) is 43.3 Å². The van der Waals surface area contributed by atoms with E-state index in [1.54, 1.807) is 43.0 Å². The molecular weight excluding hydrogens is 368 g/mol. The number of halogens is 1. The second kappa shape index (κ2) is 7.42. The van der Waals surface area contributed by atoms with Crippen LogP contribution in [0.5, 0.6) is 0 Å². The van der Waals surface area contributed by atoms with Crippen LogP contribution in [0, 0.1) is 5.41 Å². The summed E-state index contributed by atoms with van der Waals surface area (Å²) in [5, 5.41) is 17.7. The number of nitrogens with one attached hydrogen (secondary N) is 3. The van der Waals surface area contributed by atoms with Crippen molar-refractivity contribution in [1.82, 2.24) is 25.1 Å². The molecular formula is C17H17ClN8O. The number of anilines is 3. The van der Waals surface area contributed by atoms with Gasteiger partial charge in [-0.2, -0.15) is 4.98 Å². The van der Waals surface area contributed by atoms with Crippen molar-refractivity contribution < 1.29 is 4.79 Å². The summed E-state index contributed by atoms with van der Waals surface area (Å²) in [5.74, 6) is 0.621. The van der Waals surface area contributed by atoms with Crippen LogP contribution < -0.4 is 16.4 Å². The maximum absolute atomic E-state index is 11.6. The average molecular weight is 385 g/mol. The summed E-state index contributed by atoms with van der Waals surface area (Å²) >= 11 is 6.30. The number of nitrogens with zero attached hydrogens (tertiary/aromatic N) is 4. The SMILES string of the molecule is CNC(=O)c1ccc(-c2nc(Nc3ccc(N)c(C=N)c3Cl)n(C)n2)cn1. The van der Waals surface area contributed by atoms with E-state index < -0.39 is 0 Å². The Balaban J connectivity index is 1.89. The van der Waals surface area contributed by atoms with E-state index in [4.69, 9.17) is 22.7 Å². The van der Waals surface area contributed by atoms with Crippen molar-refractivity contribution in [2.45, 2.75) is 0 Å². The fourth-order valence-corrected chi connectivity index (χ4v) is 2.65. The Bertz CT molecular complexity index is 1010. The molecule has 10 heteroatoms. The van der Waals surface area contributed by atoms with E-state index in [-0.39, 0.29) is 5.91 Å². The molecule has 1 aromatic carbocycles. The third-order valence-electron chi connectivity index (χ3n) is 3.85. The highest BCUT2D eigenvalue weighted by molar-refractivity contribution is 6.36. The standard InChI is InChI=1S/C17H17ClN8O/c1-21-16(27)13-5-3-9(8-22-13)15-24-17(26(2)25-15)23-12-6-4-11(20)10(7-19)14(12)18/h3-8,19H,20H2,1-2H3,(H,21,27)(H,23,24,25). The first-order valence-corrected chi connectivity index (χ1v) is 8.27. The number of benzene rings is 1. The Hall–Kier alpha value is -3.46. The lowest BCUT2D eigenvalue weighted by Gasteiger charge is -2.10. The summed E-state index contributed by atoms with van der Waals surface area (Å²) in [7, 11) is 3.27. The number of hydrogen-bond donors (Lipinski definition) is 4. The molecule has 5 N–H and O–H groups in total. The predicted molar refractivity (Wildman–Crippen MR) is 105 cm³/mol. The van der Waals surface area contributed by atoms with Crippen LogP contribution in [0.2, 0.25) is 5.02 Å². The van der Waals surface area contributed by atoms with Crippen LogP contribution in [-0.2, 0) is 7.05 Å². The van der Waals surface area contributed by atoms with Gasteiger partial charge in [0.25, 0.3) is 5.91 Å². The van der Waals surface area contributed by atoms with Gasteiger partial charge in [0.05, 0.1) is 10.7 Å². The topological polar surface area (TPSA) is 135 Å². The number of carbonyl (C=O) groups excluding carboxylic acids is 1. The molecule has 0 saturated carbocycles. The number of hydrogen-bond acceptors (Lipinski definition) is 7. The van der Waals surface area contributed by atoms with Crippen LogP contribution in [0.1, 0.15) is 16.1 Å². The summed E-state index contributed by atoms with van der Waals surface area (Å²) in [6, 6.07) is 6.69. The van der Waals surface area contributed by atoms with Crippen LogP contribution in [0.15, 0.2) is 30.5 Å². The number of pyridine rings is 1. The van der Waals surface area contributed by atoms with Gasteiger partial charge in [-0.1, -0.05) is 11.6 Å². The van der Waals surface area contributed by atoms with Gasteiger partial charge in [-0.15, -0.1) is 5.10 Å². The smallest absolute Gasteiger partial charge is 0.269 e. The molecule has 2 heterocycles. The Kier molecular flexibility index (Phi) is 5.04. The van der Waals surface area contributed by atoms with Crippen LogP contribution in [0.3, 0.4) is 0 Å². The first kappa shape index (κ1) is 18.3. The highest BCUT2D eigenvalue weighted by Gasteiger charge is 2.14. The zero-order chi connectivity index (χ0) is 19.6. The van der Waals surface area contributed by atoms with Gasteiger partial charge in [-0.05, 0) is 24.3 Å². The van der Waals surface area contributed by atoms with Crippen LogP contribution in [0.4, 0.5) is 17.3 Å². The van der Waals surface area contributed by atoms with Crippen molar-refractivity contribution in [2.75, 3.05) is 18.1 Å². The fourth-order valence-electron chi connectivity index (χ4n) is 2.38. The minimum absolute atomic E-state index is 0.266. The molecule has 3 aromatic rings. The molecule has 0 spiro atoms. The fraction of sp³-hybridized carbons (Fsp3) is 0.118. The zero-order valence-electron chi connectivity index (χ0n) is 14.6. The summed E-state index contributed by atoms with van der Waals surface area (Å²) < 4.78 is 1.55. The second-order valence-electron chi connectivity index (χ2n) is 5.59.